The Hall–Kier alpha value is -3.91. The number of aryl methyl sites for hydroxylation is 1. The van der Waals surface area contributed by atoms with Crippen LogP contribution in [0.2, 0.25) is 5.02 Å². The largest absolute Gasteiger partial charge is 0.379 e. The molecule has 1 fully saturated rings. The predicted octanol–water partition coefficient (Wildman–Crippen LogP) is 5.50. The average molecular weight is 488 g/mol. The molecule has 4 heterocycles. The van der Waals surface area contributed by atoms with Crippen molar-refractivity contribution in [3.05, 3.63) is 83.7 Å². The summed E-state index contributed by atoms with van der Waals surface area (Å²) in [6.07, 6.45) is 10.9. The molecule has 0 saturated heterocycles. The van der Waals surface area contributed by atoms with E-state index in [1.807, 2.05) is 30.6 Å². The maximum Gasteiger partial charge on any atom is 0.212 e. The molecule has 1 saturated carbocycles. The highest BCUT2D eigenvalue weighted by molar-refractivity contribution is 6.31. The summed E-state index contributed by atoms with van der Waals surface area (Å²) >= 11 is 5.86. The highest BCUT2D eigenvalue weighted by atomic mass is 35.5. The SMILES string of the molecule is CCn1cnc2ccc(Cl)cc21.O=CNc1cc(NCc2cn3cc(C4CC4)ccc3n2)ccn1. The van der Waals surface area contributed by atoms with Crippen molar-refractivity contribution in [2.24, 2.45) is 0 Å². The Morgan fingerprint density at radius 3 is 2.80 bits per heavy atom. The molecule has 0 spiro atoms. The third-order valence-electron chi connectivity index (χ3n) is 5.94. The van der Waals surface area contributed by atoms with E-state index in [0.717, 1.165) is 45.5 Å². The summed E-state index contributed by atoms with van der Waals surface area (Å²) in [6.45, 7) is 3.63. The van der Waals surface area contributed by atoms with Crippen LogP contribution < -0.4 is 10.6 Å². The summed E-state index contributed by atoms with van der Waals surface area (Å²) in [7, 11) is 0. The molecule has 4 aromatic heterocycles. The molecule has 6 rings (SSSR count). The third-order valence-corrected chi connectivity index (χ3v) is 6.17. The lowest BCUT2D eigenvalue weighted by molar-refractivity contribution is -0.105. The van der Waals surface area contributed by atoms with Gasteiger partial charge in [0, 0.05) is 41.9 Å². The average Bonchev–Trinajstić information content (AvgIpc) is 3.52. The van der Waals surface area contributed by atoms with Gasteiger partial charge in [-0.1, -0.05) is 17.7 Å². The second-order valence-electron chi connectivity index (χ2n) is 8.44. The minimum Gasteiger partial charge on any atom is -0.379 e. The van der Waals surface area contributed by atoms with Gasteiger partial charge < -0.3 is 19.6 Å². The van der Waals surface area contributed by atoms with E-state index in [2.05, 4.69) is 66.0 Å². The highest BCUT2D eigenvalue weighted by Gasteiger charge is 2.23. The van der Waals surface area contributed by atoms with Crippen molar-refractivity contribution in [2.45, 2.75) is 38.8 Å². The Labute approximate surface area is 208 Å². The molecule has 8 nitrogen and oxygen atoms in total. The number of amides is 1. The van der Waals surface area contributed by atoms with E-state index in [1.165, 1.54) is 18.4 Å². The van der Waals surface area contributed by atoms with Gasteiger partial charge in [-0.3, -0.25) is 4.79 Å². The quantitative estimate of drug-likeness (QED) is 0.296. The van der Waals surface area contributed by atoms with E-state index < -0.39 is 0 Å². The van der Waals surface area contributed by atoms with Gasteiger partial charge in [0.1, 0.15) is 11.5 Å². The fourth-order valence-corrected chi connectivity index (χ4v) is 4.13. The van der Waals surface area contributed by atoms with E-state index in [0.29, 0.717) is 18.8 Å². The number of anilines is 2. The first kappa shape index (κ1) is 22.9. The lowest BCUT2D eigenvalue weighted by Gasteiger charge is -2.05. The summed E-state index contributed by atoms with van der Waals surface area (Å²) in [5.41, 5.74) is 6.32. The Balaban J connectivity index is 0.000000178. The van der Waals surface area contributed by atoms with Crippen LogP contribution >= 0.6 is 11.6 Å². The predicted molar refractivity (Wildman–Crippen MR) is 139 cm³/mol. The number of hydrogen-bond acceptors (Lipinski definition) is 5. The first-order valence-corrected chi connectivity index (χ1v) is 12.0. The molecule has 0 bridgehead atoms. The number of carbonyl (C=O) groups is 1. The van der Waals surface area contributed by atoms with Crippen LogP contribution in [0.5, 0.6) is 0 Å². The first-order chi connectivity index (χ1) is 17.1. The zero-order chi connectivity index (χ0) is 24.2. The molecular weight excluding hydrogens is 462 g/mol. The van der Waals surface area contributed by atoms with Crippen molar-refractivity contribution in [1.29, 1.82) is 0 Å². The Morgan fingerprint density at radius 1 is 1.11 bits per heavy atom. The smallest absolute Gasteiger partial charge is 0.212 e. The molecule has 5 aromatic rings. The van der Waals surface area contributed by atoms with Crippen molar-refractivity contribution in [1.82, 2.24) is 23.9 Å². The van der Waals surface area contributed by atoms with Crippen LogP contribution in [0.1, 0.15) is 36.9 Å². The molecule has 178 valence electrons. The van der Waals surface area contributed by atoms with Crippen LogP contribution in [0.15, 0.2) is 67.4 Å². The summed E-state index contributed by atoms with van der Waals surface area (Å²) in [4.78, 5) is 23.4. The second kappa shape index (κ2) is 10.1. The first-order valence-electron chi connectivity index (χ1n) is 11.6. The Morgan fingerprint density at radius 2 is 2.00 bits per heavy atom. The van der Waals surface area contributed by atoms with Crippen LogP contribution in [0.25, 0.3) is 16.7 Å². The number of imidazole rings is 2. The number of rotatable bonds is 7. The lowest BCUT2D eigenvalue weighted by Crippen LogP contribution is -2.02. The number of fused-ring (bicyclic) bond motifs is 2. The van der Waals surface area contributed by atoms with Gasteiger partial charge >= 0.3 is 0 Å². The van der Waals surface area contributed by atoms with Crippen LogP contribution in [0, 0.1) is 0 Å². The van der Waals surface area contributed by atoms with Gasteiger partial charge in [0.15, 0.2) is 0 Å². The maximum atomic E-state index is 10.5. The molecule has 1 aliphatic carbocycles. The number of aromatic nitrogens is 5. The van der Waals surface area contributed by atoms with Gasteiger partial charge in [0.25, 0.3) is 0 Å². The summed E-state index contributed by atoms with van der Waals surface area (Å²) in [6, 6.07) is 13.6. The number of pyridine rings is 2. The minimum absolute atomic E-state index is 0.522. The van der Waals surface area contributed by atoms with Crippen LogP contribution in [-0.2, 0) is 17.9 Å². The molecule has 1 aliphatic rings. The van der Waals surface area contributed by atoms with Crippen molar-refractivity contribution < 1.29 is 4.79 Å². The van der Waals surface area contributed by atoms with E-state index >= 15 is 0 Å². The van der Waals surface area contributed by atoms with E-state index in [4.69, 9.17) is 11.6 Å². The van der Waals surface area contributed by atoms with Crippen molar-refractivity contribution in [2.75, 3.05) is 10.6 Å². The normalized spacial score (nSPS) is 12.9. The molecular formula is C26H26ClN7O. The zero-order valence-electron chi connectivity index (χ0n) is 19.4. The van der Waals surface area contributed by atoms with E-state index in [-0.39, 0.29) is 0 Å². The van der Waals surface area contributed by atoms with Gasteiger partial charge in [0.2, 0.25) is 6.41 Å². The fourth-order valence-electron chi connectivity index (χ4n) is 3.96. The molecule has 9 heteroatoms. The molecule has 2 N–H and O–H groups in total. The monoisotopic (exact) mass is 487 g/mol. The topological polar surface area (TPSA) is 89.1 Å². The van der Waals surface area contributed by atoms with Crippen molar-refractivity contribution in [3.8, 4) is 0 Å². The summed E-state index contributed by atoms with van der Waals surface area (Å²) in [5, 5.41) is 6.60. The third kappa shape index (κ3) is 5.44. The molecule has 0 radical (unpaired) electrons. The number of hydrogen-bond donors (Lipinski definition) is 2. The second-order valence-corrected chi connectivity index (χ2v) is 8.88. The van der Waals surface area contributed by atoms with Gasteiger partial charge in [-0.25, -0.2) is 15.0 Å². The van der Waals surface area contributed by atoms with Gasteiger partial charge in [-0.2, -0.15) is 0 Å². The molecule has 1 aromatic carbocycles. The maximum absolute atomic E-state index is 10.5. The number of nitrogens with zero attached hydrogens (tertiary/aromatic N) is 5. The number of halogens is 1. The van der Waals surface area contributed by atoms with Crippen LogP contribution in [-0.4, -0.2) is 30.3 Å². The number of benzene rings is 1. The molecule has 0 atom stereocenters. The number of carbonyl (C=O) groups excluding carboxylic acids is 1. The summed E-state index contributed by atoms with van der Waals surface area (Å²) < 4.78 is 4.16. The zero-order valence-corrected chi connectivity index (χ0v) is 20.1. The fraction of sp³-hybridized carbons (Fsp3) is 0.231. The Bertz CT molecular complexity index is 1470. The molecule has 1 amide bonds. The van der Waals surface area contributed by atoms with Crippen LogP contribution in [0.4, 0.5) is 11.5 Å². The van der Waals surface area contributed by atoms with Crippen LogP contribution in [0.3, 0.4) is 0 Å². The number of nitrogens with one attached hydrogen (secondary N) is 2. The van der Waals surface area contributed by atoms with Crippen molar-refractivity contribution in [3.63, 3.8) is 0 Å². The highest BCUT2D eigenvalue weighted by Crippen LogP contribution is 2.39. The lowest BCUT2D eigenvalue weighted by atomic mass is 10.2. The standard InChI is InChI=1S/C17H17N5O.C9H9ClN2/c23-11-20-16-7-14(5-6-18-16)19-8-15-10-22-9-13(12-1-2-12)3-4-17(22)21-15;1-2-12-6-11-8-4-3-7(10)5-9(8)12/h3-7,9-12H,1-2,8H2,(H2,18,19,20,23);3-6H,2H2,1H3. The molecule has 0 unspecified atom stereocenters. The minimum atomic E-state index is 0.522. The van der Waals surface area contributed by atoms with E-state index in [9.17, 15) is 4.79 Å². The Kier molecular flexibility index (Phi) is 6.63. The summed E-state index contributed by atoms with van der Waals surface area (Å²) in [5.74, 6) is 1.26. The molecule has 0 aliphatic heterocycles. The van der Waals surface area contributed by atoms with Crippen molar-refractivity contribution >= 4 is 46.2 Å². The van der Waals surface area contributed by atoms with Gasteiger partial charge in [-0.15, -0.1) is 0 Å². The van der Waals surface area contributed by atoms with E-state index in [1.54, 1.807) is 12.3 Å². The molecule has 35 heavy (non-hydrogen) atoms. The van der Waals surface area contributed by atoms with Gasteiger partial charge in [-0.05, 0) is 61.6 Å². The van der Waals surface area contributed by atoms with Gasteiger partial charge in [0.05, 0.1) is 29.6 Å².